The standard InChI is InChI=1S/C9H10N2O2/c1-11-8(10)6-3-2-4-7(5-6)9(12)13/h2-5H,1H3,(H2,10,11)(H,12,13). The fourth-order valence-corrected chi connectivity index (χ4v) is 0.941. The Bertz CT molecular complexity index is 358. The summed E-state index contributed by atoms with van der Waals surface area (Å²) in [5, 5.41) is 8.68. The fraction of sp³-hybridized carbons (Fsp3) is 0.111. The van der Waals surface area contributed by atoms with Crippen molar-refractivity contribution in [2.45, 2.75) is 0 Å². The molecule has 1 aromatic rings. The molecule has 0 amide bonds. The van der Waals surface area contributed by atoms with Crippen LogP contribution in [0.25, 0.3) is 0 Å². The highest BCUT2D eigenvalue weighted by molar-refractivity contribution is 5.99. The summed E-state index contributed by atoms with van der Waals surface area (Å²) in [5.74, 6) is -0.631. The Morgan fingerprint density at radius 1 is 1.46 bits per heavy atom. The lowest BCUT2D eigenvalue weighted by Gasteiger charge is -2.00. The van der Waals surface area contributed by atoms with E-state index in [9.17, 15) is 4.79 Å². The van der Waals surface area contributed by atoms with Crippen molar-refractivity contribution < 1.29 is 9.90 Å². The van der Waals surface area contributed by atoms with E-state index >= 15 is 0 Å². The van der Waals surface area contributed by atoms with E-state index in [0.29, 0.717) is 11.4 Å². The van der Waals surface area contributed by atoms with Gasteiger partial charge in [-0.25, -0.2) is 4.79 Å². The average Bonchev–Trinajstić information content (AvgIpc) is 2.17. The van der Waals surface area contributed by atoms with Gasteiger partial charge in [-0.05, 0) is 12.1 Å². The van der Waals surface area contributed by atoms with Gasteiger partial charge in [-0.15, -0.1) is 0 Å². The Labute approximate surface area is 75.7 Å². The third kappa shape index (κ3) is 2.05. The minimum Gasteiger partial charge on any atom is -0.478 e. The van der Waals surface area contributed by atoms with Crippen LogP contribution in [0.2, 0.25) is 0 Å². The molecule has 13 heavy (non-hydrogen) atoms. The van der Waals surface area contributed by atoms with E-state index in [1.165, 1.54) is 12.1 Å². The predicted molar refractivity (Wildman–Crippen MR) is 50.0 cm³/mol. The molecule has 1 rings (SSSR count). The van der Waals surface area contributed by atoms with E-state index in [-0.39, 0.29) is 5.56 Å². The largest absolute Gasteiger partial charge is 0.478 e. The van der Waals surface area contributed by atoms with E-state index in [4.69, 9.17) is 10.8 Å². The van der Waals surface area contributed by atoms with Gasteiger partial charge in [-0.1, -0.05) is 12.1 Å². The maximum atomic E-state index is 10.6. The Balaban J connectivity index is 3.13. The summed E-state index contributed by atoms with van der Waals surface area (Å²) in [7, 11) is 1.56. The molecular formula is C9H10N2O2. The number of carbonyl (C=O) groups is 1. The van der Waals surface area contributed by atoms with Crippen LogP contribution in [0.1, 0.15) is 15.9 Å². The molecule has 0 heterocycles. The van der Waals surface area contributed by atoms with Gasteiger partial charge in [-0.3, -0.25) is 4.99 Å². The van der Waals surface area contributed by atoms with E-state index in [1.54, 1.807) is 19.2 Å². The lowest BCUT2D eigenvalue weighted by Crippen LogP contribution is -2.13. The monoisotopic (exact) mass is 178 g/mol. The first-order chi connectivity index (χ1) is 6.15. The molecule has 0 saturated heterocycles. The van der Waals surface area contributed by atoms with Crippen LogP contribution < -0.4 is 5.73 Å². The quantitative estimate of drug-likeness (QED) is 0.517. The van der Waals surface area contributed by atoms with Crippen LogP contribution in [0.5, 0.6) is 0 Å². The van der Waals surface area contributed by atoms with Gasteiger partial charge in [-0.2, -0.15) is 0 Å². The lowest BCUT2D eigenvalue weighted by atomic mass is 10.1. The number of nitrogens with zero attached hydrogens (tertiary/aromatic N) is 1. The topological polar surface area (TPSA) is 75.7 Å². The summed E-state index contributed by atoms with van der Waals surface area (Å²) < 4.78 is 0. The van der Waals surface area contributed by atoms with Crippen LogP contribution in [-0.2, 0) is 0 Å². The van der Waals surface area contributed by atoms with Crippen LogP contribution in [0, 0.1) is 0 Å². The molecule has 0 aliphatic carbocycles. The molecule has 0 atom stereocenters. The maximum Gasteiger partial charge on any atom is 0.335 e. The summed E-state index contributed by atoms with van der Waals surface area (Å²) in [5.41, 5.74) is 6.36. The third-order valence-corrected chi connectivity index (χ3v) is 1.65. The second-order valence-electron chi connectivity index (χ2n) is 2.49. The van der Waals surface area contributed by atoms with Crippen molar-refractivity contribution in [2.75, 3.05) is 7.05 Å². The van der Waals surface area contributed by atoms with Crippen molar-refractivity contribution in [3.8, 4) is 0 Å². The number of nitrogens with two attached hydrogens (primary N) is 1. The molecule has 1 aromatic carbocycles. The van der Waals surface area contributed by atoms with Gasteiger partial charge in [0.15, 0.2) is 0 Å². The average molecular weight is 178 g/mol. The first kappa shape index (κ1) is 9.25. The number of carboxylic acid groups (broad SMARTS) is 1. The molecule has 0 unspecified atom stereocenters. The molecule has 3 N–H and O–H groups in total. The Morgan fingerprint density at radius 3 is 2.62 bits per heavy atom. The first-order valence-electron chi connectivity index (χ1n) is 3.71. The van der Waals surface area contributed by atoms with Gasteiger partial charge in [0, 0.05) is 12.6 Å². The van der Waals surface area contributed by atoms with Crippen molar-refractivity contribution in [1.29, 1.82) is 0 Å². The smallest absolute Gasteiger partial charge is 0.335 e. The Kier molecular flexibility index (Phi) is 2.64. The van der Waals surface area contributed by atoms with E-state index < -0.39 is 5.97 Å². The highest BCUT2D eigenvalue weighted by Gasteiger charge is 2.04. The third-order valence-electron chi connectivity index (χ3n) is 1.65. The van der Waals surface area contributed by atoms with Crippen LogP contribution in [-0.4, -0.2) is 24.0 Å². The zero-order valence-corrected chi connectivity index (χ0v) is 7.19. The zero-order chi connectivity index (χ0) is 9.84. The van der Waals surface area contributed by atoms with Gasteiger partial charge in [0.25, 0.3) is 0 Å². The van der Waals surface area contributed by atoms with Crippen molar-refractivity contribution in [2.24, 2.45) is 10.7 Å². The summed E-state index contributed by atoms with van der Waals surface area (Å²) in [4.78, 5) is 14.3. The molecule has 0 aromatic heterocycles. The van der Waals surface area contributed by atoms with Crippen molar-refractivity contribution in [3.63, 3.8) is 0 Å². The van der Waals surface area contributed by atoms with Gasteiger partial charge in [0.2, 0.25) is 0 Å². The summed E-state index contributed by atoms with van der Waals surface area (Å²) >= 11 is 0. The van der Waals surface area contributed by atoms with Crippen LogP contribution >= 0.6 is 0 Å². The summed E-state index contributed by atoms with van der Waals surface area (Å²) in [6.07, 6.45) is 0. The number of rotatable bonds is 2. The van der Waals surface area contributed by atoms with Gasteiger partial charge >= 0.3 is 5.97 Å². The molecule has 0 bridgehead atoms. The predicted octanol–water partition coefficient (Wildman–Crippen LogP) is 0.720. The zero-order valence-electron chi connectivity index (χ0n) is 7.19. The minimum absolute atomic E-state index is 0.212. The molecule has 4 nitrogen and oxygen atoms in total. The molecule has 68 valence electrons. The van der Waals surface area contributed by atoms with E-state index in [1.807, 2.05) is 0 Å². The van der Waals surface area contributed by atoms with E-state index in [2.05, 4.69) is 4.99 Å². The number of carboxylic acids is 1. The number of hydrogen-bond donors (Lipinski definition) is 2. The van der Waals surface area contributed by atoms with Crippen molar-refractivity contribution in [1.82, 2.24) is 0 Å². The number of hydrogen-bond acceptors (Lipinski definition) is 2. The van der Waals surface area contributed by atoms with Gasteiger partial charge in [0.1, 0.15) is 5.84 Å². The highest BCUT2D eigenvalue weighted by atomic mass is 16.4. The van der Waals surface area contributed by atoms with Crippen LogP contribution in [0.4, 0.5) is 0 Å². The van der Waals surface area contributed by atoms with E-state index in [0.717, 1.165) is 0 Å². The molecule has 0 aliphatic rings. The number of amidine groups is 1. The molecule has 0 fully saturated rings. The molecule has 4 heteroatoms. The van der Waals surface area contributed by atoms with Gasteiger partial charge < -0.3 is 10.8 Å². The maximum absolute atomic E-state index is 10.6. The highest BCUT2D eigenvalue weighted by Crippen LogP contribution is 2.04. The Morgan fingerprint density at radius 2 is 2.08 bits per heavy atom. The molecular weight excluding hydrogens is 168 g/mol. The summed E-state index contributed by atoms with van der Waals surface area (Å²) in [6, 6.07) is 6.35. The van der Waals surface area contributed by atoms with Gasteiger partial charge in [0.05, 0.1) is 5.56 Å². The molecule has 0 radical (unpaired) electrons. The normalized spacial score (nSPS) is 11.3. The molecule has 0 saturated carbocycles. The number of aromatic carboxylic acids is 1. The van der Waals surface area contributed by atoms with Crippen LogP contribution in [0.3, 0.4) is 0 Å². The fourth-order valence-electron chi connectivity index (χ4n) is 0.941. The molecule has 0 spiro atoms. The number of aliphatic imine (C=N–C) groups is 1. The van der Waals surface area contributed by atoms with Crippen molar-refractivity contribution >= 4 is 11.8 Å². The summed E-state index contributed by atoms with van der Waals surface area (Å²) in [6.45, 7) is 0. The lowest BCUT2D eigenvalue weighted by molar-refractivity contribution is 0.0697. The van der Waals surface area contributed by atoms with Crippen molar-refractivity contribution in [3.05, 3.63) is 35.4 Å². The number of benzene rings is 1. The minimum atomic E-state index is -0.967. The second kappa shape index (κ2) is 3.71. The first-order valence-corrected chi connectivity index (χ1v) is 3.71. The SMILES string of the molecule is CN=C(N)c1cccc(C(=O)O)c1. The van der Waals surface area contributed by atoms with Crippen LogP contribution in [0.15, 0.2) is 29.3 Å². The molecule has 0 aliphatic heterocycles. The Hall–Kier alpha value is -1.84. The second-order valence-corrected chi connectivity index (χ2v) is 2.49.